The molecule has 6 heteroatoms. The predicted molar refractivity (Wildman–Crippen MR) is 103 cm³/mol. The van der Waals surface area contributed by atoms with Crippen molar-refractivity contribution in [3.63, 3.8) is 0 Å². The number of halogens is 2. The number of hydrogen-bond acceptors (Lipinski definition) is 3. The molecule has 128 valence electrons. The van der Waals surface area contributed by atoms with Crippen molar-refractivity contribution in [2.45, 2.75) is 32.7 Å². The molecule has 0 aliphatic carbocycles. The lowest BCUT2D eigenvalue weighted by Crippen LogP contribution is -2.42. The molecule has 24 heavy (non-hydrogen) atoms. The first-order valence-electron chi connectivity index (χ1n) is 8.25. The van der Waals surface area contributed by atoms with E-state index < -0.39 is 0 Å². The molecule has 1 N–H and O–H groups in total. The molecule has 1 saturated heterocycles. The van der Waals surface area contributed by atoms with Gasteiger partial charge in [0.1, 0.15) is 5.82 Å². The maximum atomic E-state index is 12.1. The standard InChI is InChI=1S/C18H21BrClN3O/c1-11(2)21-18(24)12-5-7-23(8-6-12)16-4-3-13-9-14(19)10-15(20)17(13)22-16/h3-4,9-12H,5-8H2,1-2H3,(H,21,24). The van der Waals surface area contributed by atoms with Crippen LogP contribution in [0.1, 0.15) is 26.7 Å². The molecule has 2 aromatic rings. The van der Waals surface area contributed by atoms with Gasteiger partial charge < -0.3 is 10.2 Å². The second-order valence-electron chi connectivity index (χ2n) is 6.55. The summed E-state index contributed by atoms with van der Waals surface area (Å²) in [7, 11) is 0. The molecule has 3 rings (SSSR count). The van der Waals surface area contributed by atoms with Crippen LogP contribution in [0.3, 0.4) is 0 Å². The van der Waals surface area contributed by atoms with E-state index in [0.717, 1.165) is 47.1 Å². The first kappa shape index (κ1) is 17.5. The van der Waals surface area contributed by atoms with E-state index in [9.17, 15) is 4.79 Å². The lowest BCUT2D eigenvalue weighted by molar-refractivity contribution is -0.126. The van der Waals surface area contributed by atoms with Crippen molar-refractivity contribution in [2.24, 2.45) is 5.92 Å². The third kappa shape index (κ3) is 3.83. The number of carbonyl (C=O) groups excluding carboxylic acids is 1. The number of nitrogens with one attached hydrogen (secondary N) is 1. The Bertz CT molecular complexity index is 757. The van der Waals surface area contributed by atoms with Gasteiger partial charge in [0.25, 0.3) is 0 Å². The number of pyridine rings is 1. The molecule has 0 bridgehead atoms. The molecule has 0 spiro atoms. The topological polar surface area (TPSA) is 45.2 Å². The third-order valence-electron chi connectivity index (χ3n) is 4.32. The van der Waals surface area contributed by atoms with E-state index >= 15 is 0 Å². The largest absolute Gasteiger partial charge is 0.357 e. The fourth-order valence-electron chi connectivity index (χ4n) is 3.10. The highest BCUT2D eigenvalue weighted by molar-refractivity contribution is 9.10. The average molecular weight is 411 g/mol. The van der Waals surface area contributed by atoms with Gasteiger partial charge in [-0.3, -0.25) is 4.79 Å². The van der Waals surface area contributed by atoms with Crippen LogP contribution in [-0.2, 0) is 4.79 Å². The zero-order chi connectivity index (χ0) is 17.3. The number of rotatable bonds is 3. The number of benzene rings is 1. The molecule has 1 amide bonds. The summed E-state index contributed by atoms with van der Waals surface area (Å²) in [5.74, 6) is 1.20. The molecule has 2 heterocycles. The Balaban J connectivity index is 1.72. The van der Waals surface area contributed by atoms with Crippen LogP contribution in [0.25, 0.3) is 10.9 Å². The van der Waals surface area contributed by atoms with Gasteiger partial charge in [-0.05, 0) is 51.0 Å². The van der Waals surface area contributed by atoms with Gasteiger partial charge >= 0.3 is 0 Å². The van der Waals surface area contributed by atoms with Crippen molar-refractivity contribution in [1.82, 2.24) is 10.3 Å². The van der Waals surface area contributed by atoms with Gasteiger partial charge in [0, 0.05) is 34.9 Å². The first-order chi connectivity index (χ1) is 11.4. The molecule has 4 nitrogen and oxygen atoms in total. The Kier molecular flexibility index (Phi) is 5.30. The summed E-state index contributed by atoms with van der Waals surface area (Å²) in [6.45, 7) is 5.66. The average Bonchev–Trinajstić information content (AvgIpc) is 2.54. The number of nitrogens with zero attached hydrogens (tertiary/aromatic N) is 2. The molecule has 1 aromatic carbocycles. The van der Waals surface area contributed by atoms with Crippen molar-refractivity contribution in [1.29, 1.82) is 0 Å². The summed E-state index contributed by atoms with van der Waals surface area (Å²) in [6.07, 6.45) is 1.71. The Morgan fingerprint density at radius 1 is 1.33 bits per heavy atom. The van der Waals surface area contributed by atoms with Crippen LogP contribution in [0.15, 0.2) is 28.7 Å². The number of hydrogen-bond donors (Lipinski definition) is 1. The van der Waals surface area contributed by atoms with Crippen LogP contribution < -0.4 is 10.2 Å². The molecule has 0 unspecified atom stereocenters. The number of amides is 1. The second kappa shape index (κ2) is 7.28. The van der Waals surface area contributed by atoms with Crippen molar-refractivity contribution >= 4 is 50.2 Å². The molecular formula is C18H21BrClN3O. The summed E-state index contributed by atoms with van der Waals surface area (Å²) in [5.41, 5.74) is 0.817. The monoisotopic (exact) mass is 409 g/mol. The fraction of sp³-hybridized carbons (Fsp3) is 0.444. The summed E-state index contributed by atoms with van der Waals surface area (Å²) in [6, 6.07) is 8.15. The minimum atomic E-state index is 0.101. The highest BCUT2D eigenvalue weighted by Gasteiger charge is 2.26. The molecule has 1 fully saturated rings. The fourth-order valence-corrected chi connectivity index (χ4v) is 3.97. The lowest BCUT2D eigenvalue weighted by Gasteiger charge is -2.32. The summed E-state index contributed by atoms with van der Waals surface area (Å²) < 4.78 is 0.950. The predicted octanol–water partition coefficient (Wildman–Crippen LogP) is 4.39. The molecule has 1 aromatic heterocycles. The van der Waals surface area contributed by atoms with Crippen molar-refractivity contribution in [2.75, 3.05) is 18.0 Å². The summed E-state index contributed by atoms with van der Waals surface area (Å²) >= 11 is 9.78. The summed E-state index contributed by atoms with van der Waals surface area (Å²) in [5, 5.41) is 4.67. The van der Waals surface area contributed by atoms with Gasteiger partial charge in [0.2, 0.25) is 5.91 Å². The van der Waals surface area contributed by atoms with E-state index in [0.29, 0.717) is 5.02 Å². The highest BCUT2D eigenvalue weighted by atomic mass is 79.9. The van der Waals surface area contributed by atoms with Crippen LogP contribution in [0.5, 0.6) is 0 Å². The van der Waals surface area contributed by atoms with Crippen molar-refractivity contribution < 1.29 is 4.79 Å². The SMILES string of the molecule is CC(C)NC(=O)C1CCN(c2ccc3cc(Br)cc(Cl)c3n2)CC1. The molecule has 0 atom stereocenters. The number of anilines is 1. The van der Waals surface area contributed by atoms with Crippen molar-refractivity contribution in [3.05, 3.63) is 33.8 Å². The minimum Gasteiger partial charge on any atom is -0.357 e. The zero-order valence-corrected chi connectivity index (χ0v) is 16.2. The van der Waals surface area contributed by atoms with E-state index in [1.165, 1.54) is 0 Å². The van der Waals surface area contributed by atoms with Gasteiger partial charge in [0.05, 0.1) is 10.5 Å². The van der Waals surface area contributed by atoms with E-state index in [2.05, 4.69) is 26.1 Å². The second-order valence-corrected chi connectivity index (χ2v) is 7.88. The van der Waals surface area contributed by atoms with Crippen LogP contribution >= 0.6 is 27.5 Å². The Morgan fingerprint density at radius 3 is 2.71 bits per heavy atom. The number of fused-ring (bicyclic) bond motifs is 1. The van der Waals surface area contributed by atoms with Gasteiger partial charge in [-0.25, -0.2) is 4.98 Å². The highest BCUT2D eigenvalue weighted by Crippen LogP contribution is 2.30. The van der Waals surface area contributed by atoms with E-state index in [-0.39, 0.29) is 17.9 Å². The number of aromatic nitrogens is 1. The Hall–Kier alpha value is -1.33. The molecule has 0 radical (unpaired) electrons. The number of carbonyl (C=O) groups is 1. The maximum Gasteiger partial charge on any atom is 0.223 e. The molecule has 1 aliphatic heterocycles. The van der Waals surface area contributed by atoms with E-state index in [1.54, 1.807) is 0 Å². The third-order valence-corrected chi connectivity index (χ3v) is 5.06. The maximum absolute atomic E-state index is 12.1. The van der Waals surface area contributed by atoms with Gasteiger partial charge in [-0.15, -0.1) is 0 Å². The normalized spacial score (nSPS) is 16.0. The van der Waals surface area contributed by atoms with Crippen LogP contribution in [0.2, 0.25) is 5.02 Å². The van der Waals surface area contributed by atoms with Crippen molar-refractivity contribution in [3.8, 4) is 0 Å². The Labute approximate surface area is 155 Å². The quantitative estimate of drug-likeness (QED) is 0.816. The number of piperidine rings is 1. The molecule has 1 aliphatic rings. The lowest BCUT2D eigenvalue weighted by atomic mass is 9.95. The Morgan fingerprint density at radius 2 is 2.04 bits per heavy atom. The first-order valence-corrected chi connectivity index (χ1v) is 9.42. The van der Waals surface area contributed by atoms with Crippen LogP contribution in [0.4, 0.5) is 5.82 Å². The van der Waals surface area contributed by atoms with E-state index in [4.69, 9.17) is 16.6 Å². The minimum absolute atomic E-state index is 0.101. The molecular weight excluding hydrogens is 390 g/mol. The van der Waals surface area contributed by atoms with Gasteiger partial charge in [0.15, 0.2) is 0 Å². The van der Waals surface area contributed by atoms with Gasteiger partial charge in [-0.1, -0.05) is 27.5 Å². The van der Waals surface area contributed by atoms with Gasteiger partial charge in [-0.2, -0.15) is 0 Å². The zero-order valence-electron chi connectivity index (χ0n) is 13.9. The summed E-state index contributed by atoms with van der Waals surface area (Å²) in [4.78, 5) is 19.1. The van der Waals surface area contributed by atoms with E-state index in [1.807, 2.05) is 38.1 Å². The van der Waals surface area contributed by atoms with Crippen LogP contribution in [0, 0.1) is 5.92 Å². The van der Waals surface area contributed by atoms with Crippen LogP contribution in [-0.4, -0.2) is 30.0 Å². The smallest absolute Gasteiger partial charge is 0.223 e. The molecule has 0 saturated carbocycles.